The summed E-state index contributed by atoms with van der Waals surface area (Å²) in [5.41, 5.74) is 16.9. The van der Waals surface area contributed by atoms with Gasteiger partial charge in [-0.05, 0) is 122 Å². The third-order valence-corrected chi connectivity index (χ3v) is 8.89. The molecule has 4 rings (SSSR count). The van der Waals surface area contributed by atoms with Crippen LogP contribution < -0.4 is 4.57 Å². The molecule has 2 aromatic heterocycles. The van der Waals surface area contributed by atoms with Crippen LogP contribution in [0.15, 0.2) is 37.4 Å². The fourth-order valence-corrected chi connectivity index (χ4v) is 6.24. The number of benzene rings is 2. The Kier molecular flexibility index (Phi) is 7.37. The molecule has 2 heterocycles. The lowest BCUT2D eigenvalue weighted by atomic mass is 9.88. The highest BCUT2D eigenvalue weighted by molar-refractivity contribution is 9.08. The zero-order valence-electron chi connectivity index (χ0n) is 22.5. The lowest BCUT2D eigenvalue weighted by Crippen LogP contribution is -2.33. The Morgan fingerprint density at radius 2 is 1.14 bits per heavy atom. The second-order valence-electron chi connectivity index (χ2n) is 10.0. The molecule has 5 heteroatoms. The smallest absolute Gasteiger partial charge is 0.244 e. The zero-order chi connectivity index (χ0) is 25.4. The first-order valence-electron chi connectivity index (χ1n) is 12.4. The molecule has 0 bridgehead atoms. The first-order chi connectivity index (χ1) is 16.6. The Morgan fingerprint density at radius 1 is 0.657 bits per heavy atom. The first kappa shape index (κ1) is 25.4. The molecular formula is C30H38BrN4+. The number of alkyl halides is 1. The molecule has 0 saturated carbocycles. The Labute approximate surface area is 218 Å². The van der Waals surface area contributed by atoms with Crippen LogP contribution in [-0.2, 0) is 25.0 Å². The van der Waals surface area contributed by atoms with E-state index in [4.69, 9.17) is 0 Å². The maximum Gasteiger partial charge on any atom is 0.244 e. The molecule has 4 aromatic rings. The SMILES string of the molecule is Cc1c(C)c(C[n+]2ccn(Cc3c(C)c(C)c(Cn4ccnc4)c(C)c3C)c2)c(C)c(C)c1CBr. The first-order valence-corrected chi connectivity index (χ1v) is 13.5. The number of halogens is 1. The van der Waals surface area contributed by atoms with Gasteiger partial charge in [0.15, 0.2) is 0 Å². The normalized spacial score (nSPS) is 11.5. The third-order valence-electron chi connectivity index (χ3n) is 8.33. The van der Waals surface area contributed by atoms with E-state index in [0.717, 1.165) is 25.0 Å². The van der Waals surface area contributed by atoms with Gasteiger partial charge in [0.1, 0.15) is 25.5 Å². The van der Waals surface area contributed by atoms with Crippen LogP contribution in [0.25, 0.3) is 0 Å². The van der Waals surface area contributed by atoms with Crippen LogP contribution in [0.5, 0.6) is 0 Å². The van der Waals surface area contributed by atoms with Gasteiger partial charge in [-0.3, -0.25) is 0 Å². The maximum absolute atomic E-state index is 4.21. The average molecular weight is 535 g/mol. The maximum atomic E-state index is 4.21. The van der Waals surface area contributed by atoms with Gasteiger partial charge in [0.2, 0.25) is 6.33 Å². The lowest BCUT2D eigenvalue weighted by molar-refractivity contribution is -0.687. The summed E-state index contributed by atoms with van der Waals surface area (Å²) in [5.74, 6) is 0. The van der Waals surface area contributed by atoms with Gasteiger partial charge in [0.25, 0.3) is 0 Å². The Bertz CT molecular complexity index is 1320. The second-order valence-corrected chi connectivity index (χ2v) is 10.6. The van der Waals surface area contributed by atoms with Crippen LogP contribution in [0.1, 0.15) is 66.8 Å². The van der Waals surface area contributed by atoms with Gasteiger partial charge in [-0.1, -0.05) is 15.9 Å². The molecule has 0 aliphatic carbocycles. The molecule has 0 N–H and O–H groups in total. The van der Waals surface area contributed by atoms with E-state index in [1.54, 1.807) is 0 Å². The molecule has 0 radical (unpaired) electrons. The summed E-state index contributed by atoms with van der Waals surface area (Å²) >= 11 is 3.68. The summed E-state index contributed by atoms with van der Waals surface area (Å²) < 4.78 is 6.79. The van der Waals surface area contributed by atoms with Crippen molar-refractivity contribution in [2.75, 3.05) is 0 Å². The predicted octanol–water partition coefficient (Wildman–Crippen LogP) is 6.48. The van der Waals surface area contributed by atoms with E-state index in [9.17, 15) is 0 Å². The van der Waals surface area contributed by atoms with Gasteiger partial charge < -0.3 is 4.57 Å². The molecule has 0 spiro atoms. The van der Waals surface area contributed by atoms with Crippen LogP contribution >= 0.6 is 15.9 Å². The van der Waals surface area contributed by atoms with E-state index in [-0.39, 0.29) is 0 Å². The van der Waals surface area contributed by atoms with Crippen molar-refractivity contribution in [3.8, 4) is 0 Å². The van der Waals surface area contributed by atoms with Crippen molar-refractivity contribution in [3.63, 3.8) is 0 Å². The Balaban J connectivity index is 1.62. The van der Waals surface area contributed by atoms with Crippen molar-refractivity contribution in [3.05, 3.63) is 104 Å². The fourth-order valence-electron chi connectivity index (χ4n) is 5.40. The van der Waals surface area contributed by atoms with Crippen LogP contribution in [0.4, 0.5) is 0 Å². The van der Waals surface area contributed by atoms with Crippen molar-refractivity contribution in [2.24, 2.45) is 0 Å². The minimum atomic E-state index is 0.870. The second kappa shape index (κ2) is 10.1. The van der Waals surface area contributed by atoms with E-state index in [0.29, 0.717) is 0 Å². The highest BCUT2D eigenvalue weighted by atomic mass is 79.9. The van der Waals surface area contributed by atoms with E-state index >= 15 is 0 Å². The molecule has 0 saturated heterocycles. The van der Waals surface area contributed by atoms with Crippen LogP contribution in [-0.4, -0.2) is 14.1 Å². The number of hydrogen-bond acceptors (Lipinski definition) is 1. The summed E-state index contributed by atoms with van der Waals surface area (Å²) in [4.78, 5) is 4.21. The molecular weight excluding hydrogens is 496 g/mol. The largest absolute Gasteiger partial charge is 0.333 e. The van der Waals surface area contributed by atoms with E-state index in [2.05, 4.69) is 109 Å². The van der Waals surface area contributed by atoms with Gasteiger partial charge in [-0.25, -0.2) is 14.1 Å². The number of imidazole rings is 2. The van der Waals surface area contributed by atoms with Gasteiger partial charge in [-0.2, -0.15) is 0 Å². The van der Waals surface area contributed by atoms with Gasteiger partial charge in [-0.15, -0.1) is 0 Å². The number of rotatable bonds is 7. The predicted molar refractivity (Wildman–Crippen MR) is 148 cm³/mol. The Hall–Kier alpha value is -2.66. The van der Waals surface area contributed by atoms with Crippen molar-refractivity contribution < 1.29 is 4.57 Å². The molecule has 0 fully saturated rings. The summed E-state index contributed by atoms with van der Waals surface area (Å²) in [7, 11) is 0. The van der Waals surface area contributed by atoms with Crippen molar-refractivity contribution in [1.29, 1.82) is 0 Å². The summed E-state index contributed by atoms with van der Waals surface area (Å²) in [6.45, 7) is 20.8. The van der Waals surface area contributed by atoms with Gasteiger partial charge >= 0.3 is 0 Å². The number of nitrogens with zero attached hydrogens (tertiary/aromatic N) is 4. The molecule has 4 nitrogen and oxygen atoms in total. The molecule has 0 unspecified atom stereocenters. The van der Waals surface area contributed by atoms with Crippen molar-refractivity contribution >= 4 is 15.9 Å². The van der Waals surface area contributed by atoms with Crippen LogP contribution in [0.3, 0.4) is 0 Å². The molecule has 0 atom stereocenters. The topological polar surface area (TPSA) is 26.6 Å². The average Bonchev–Trinajstić information content (AvgIpc) is 3.52. The third kappa shape index (κ3) is 4.75. The minimum Gasteiger partial charge on any atom is -0.333 e. The van der Waals surface area contributed by atoms with Crippen LogP contribution in [0.2, 0.25) is 0 Å². The van der Waals surface area contributed by atoms with E-state index in [1.165, 1.54) is 66.8 Å². The molecule has 184 valence electrons. The van der Waals surface area contributed by atoms with Crippen molar-refractivity contribution in [2.45, 2.75) is 80.4 Å². The molecule has 0 aliphatic rings. The van der Waals surface area contributed by atoms with E-state index < -0.39 is 0 Å². The minimum absolute atomic E-state index is 0.870. The zero-order valence-corrected chi connectivity index (χ0v) is 24.0. The Morgan fingerprint density at radius 3 is 1.63 bits per heavy atom. The quantitative estimate of drug-likeness (QED) is 0.197. The van der Waals surface area contributed by atoms with Gasteiger partial charge in [0.05, 0.1) is 6.33 Å². The van der Waals surface area contributed by atoms with Crippen molar-refractivity contribution in [1.82, 2.24) is 14.1 Å². The number of hydrogen-bond donors (Lipinski definition) is 0. The molecule has 35 heavy (non-hydrogen) atoms. The molecule has 0 aliphatic heterocycles. The standard InChI is InChI=1S/C30H38BrN4/c1-19-21(3)29(22(4)20(2)27(19)13-31)15-34-11-12-35(18-34)16-30-25(7)23(5)28(24(6)26(30)8)14-33-10-9-32-17-33/h9-12,17-18H,13-16H2,1-8H3/q+1. The van der Waals surface area contributed by atoms with E-state index in [1.807, 2.05) is 18.7 Å². The monoisotopic (exact) mass is 533 g/mol. The highest BCUT2D eigenvalue weighted by Crippen LogP contribution is 2.29. The summed E-state index contributed by atoms with van der Waals surface area (Å²) in [6.07, 6.45) is 12.5. The summed E-state index contributed by atoms with van der Waals surface area (Å²) in [6, 6.07) is 0. The van der Waals surface area contributed by atoms with Crippen LogP contribution in [0, 0.1) is 55.4 Å². The number of aromatic nitrogens is 4. The molecule has 0 amide bonds. The highest BCUT2D eigenvalue weighted by Gasteiger charge is 2.19. The lowest BCUT2D eigenvalue weighted by Gasteiger charge is -2.20. The fraction of sp³-hybridized carbons (Fsp3) is 0.400. The molecule has 2 aromatic carbocycles. The van der Waals surface area contributed by atoms with Gasteiger partial charge in [0, 0.05) is 24.3 Å². The summed E-state index contributed by atoms with van der Waals surface area (Å²) in [5, 5.41) is 0.912.